The lowest BCUT2D eigenvalue weighted by atomic mass is 10.0. The minimum atomic E-state index is -3.95. The first-order chi connectivity index (χ1) is 18.9. The summed E-state index contributed by atoms with van der Waals surface area (Å²) in [5.74, 6) is -0.847. The molecule has 0 radical (unpaired) electrons. The lowest BCUT2D eigenvalue weighted by Gasteiger charge is -2.33. The Bertz CT molecular complexity index is 1420. The van der Waals surface area contributed by atoms with Gasteiger partial charge in [0.05, 0.1) is 21.5 Å². The summed E-state index contributed by atoms with van der Waals surface area (Å²) >= 11 is 12.4. The molecule has 10 heteroatoms. The Morgan fingerprint density at radius 2 is 1.57 bits per heavy atom. The number of halogens is 2. The number of carbonyl (C=O) groups excluding carboxylic acids is 2. The zero-order valence-corrected chi connectivity index (χ0v) is 25.4. The van der Waals surface area contributed by atoms with Gasteiger partial charge in [-0.1, -0.05) is 84.2 Å². The molecule has 0 heterocycles. The molecule has 2 amide bonds. The smallest absolute Gasteiger partial charge is 0.243 e. The van der Waals surface area contributed by atoms with Crippen LogP contribution < -0.4 is 5.32 Å². The molecule has 0 aliphatic heterocycles. The second-order valence-corrected chi connectivity index (χ2v) is 12.7. The van der Waals surface area contributed by atoms with E-state index in [0.717, 1.165) is 15.4 Å². The SMILES string of the molecule is CC[C@@H](C)NC(=O)[C@H](Cc1ccccc1)N(Cc1ccc(Cl)c(Cl)c1)C(=O)CN(C)S(=O)(=O)c1ccc(C)cc1. The van der Waals surface area contributed by atoms with Gasteiger partial charge in [0.1, 0.15) is 6.04 Å². The quantitative estimate of drug-likeness (QED) is 0.297. The molecule has 40 heavy (non-hydrogen) atoms. The molecule has 0 unspecified atom stereocenters. The molecular formula is C30H35Cl2N3O4S. The molecule has 2 atom stereocenters. The maximum Gasteiger partial charge on any atom is 0.243 e. The van der Waals surface area contributed by atoms with Crippen LogP contribution in [0.4, 0.5) is 0 Å². The fourth-order valence-corrected chi connectivity index (χ4v) is 5.53. The first-order valence-electron chi connectivity index (χ1n) is 13.0. The molecule has 3 rings (SSSR count). The Hall–Kier alpha value is -2.91. The Morgan fingerprint density at radius 1 is 0.925 bits per heavy atom. The van der Waals surface area contributed by atoms with Crippen LogP contribution in [0.1, 0.15) is 37.0 Å². The van der Waals surface area contributed by atoms with Gasteiger partial charge < -0.3 is 10.2 Å². The van der Waals surface area contributed by atoms with Crippen LogP contribution in [-0.2, 0) is 32.6 Å². The van der Waals surface area contributed by atoms with Gasteiger partial charge in [0, 0.05) is 26.1 Å². The standard InChI is InChI=1S/C30H35Cl2N3O4S/c1-5-22(3)33-30(37)28(18-23-9-7-6-8-10-23)35(19-24-13-16-26(31)27(32)17-24)29(36)20-34(4)40(38,39)25-14-11-21(2)12-15-25/h6-17,22,28H,5,18-20H2,1-4H3,(H,33,37)/t22-,28+/m1/s1. The topological polar surface area (TPSA) is 86.8 Å². The van der Waals surface area contributed by atoms with Gasteiger partial charge in [-0.25, -0.2) is 8.42 Å². The van der Waals surface area contributed by atoms with E-state index in [1.807, 2.05) is 51.1 Å². The maximum atomic E-state index is 13.9. The number of nitrogens with zero attached hydrogens (tertiary/aromatic N) is 2. The molecule has 0 aliphatic carbocycles. The predicted molar refractivity (Wildman–Crippen MR) is 160 cm³/mol. The van der Waals surface area contributed by atoms with Gasteiger partial charge in [0.15, 0.2) is 0 Å². The second-order valence-electron chi connectivity index (χ2n) is 9.87. The molecular weight excluding hydrogens is 569 g/mol. The molecule has 0 saturated carbocycles. The monoisotopic (exact) mass is 603 g/mol. The number of carbonyl (C=O) groups is 2. The number of amides is 2. The summed E-state index contributed by atoms with van der Waals surface area (Å²) in [6.07, 6.45) is 0.951. The summed E-state index contributed by atoms with van der Waals surface area (Å²) in [5, 5.41) is 3.67. The molecule has 3 aromatic rings. The normalized spacial score (nSPS) is 13.1. The highest BCUT2D eigenvalue weighted by Gasteiger charge is 2.33. The van der Waals surface area contributed by atoms with Crippen LogP contribution in [0.15, 0.2) is 77.7 Å². The van der Waals surface area contributed by atoms with Gasteiger partial charge in [-0.05, 0) is 55.7 Å². The molecule has 3 aromatic carbocycles. The summed E-state index contributed by atoms with van der Waals surface area (Å²) in [4.78, 5) is 29.0. The van der Waals surface area contributed by atoms with Crippen molar-refractivity contribution < 1.29 is 18.0 Å². The molecule has 214 valence electrons. The molecule has 7 nitrogen and oxygen atoms in total. The minimum absolute atomic E-state index is 0.0273. The van der Waals surface area contributed by atoms with Crippen molar-refractivity contribution in [2.24, 2.45) is 0 Å². The van der Waals surface area contributed by atoms with Crippen molar-refractivity contribution >= 4 is 45.0 Å². The van der Waals surface area contributed by atoms with E-state index in [1.165, 1.54) is 24.1 Å². The average molecular weight is 605 g/mol. The van der Waals surface area contributed by atoms with E-state index in [9.17, 15) is 18.0 Å². The van der Waals surface area contributed by atoms with Crippen LogP contribution in [0.25, 0.3) is 0 Å². The van der Waals surface area contributed by atoms with E-state index in [1.54, 1.807) is 30.3 Å². The number of sulfonamides is 1. The number of aryl methyl sites for hydroxylation is 1. The summed E-state index contributed by atoms with van der Waals surface area (Å²) < 4.78 is 27.5. The largest absolute Gasteiger partial charge is 0.352 e. The number of hydrogen-bond donors (Lipinski definition) is 1. The van der Waals surface area contributed by atoms with Crippen molar-refractivity contribution in [3.8, 4) is 0 Å². The van der Waals surface area contributed by atoms with E-state index < -0.39 is 28.5 Å². The summed E-state index contributed by atoms with van der Waals surface area (Å²) in [7, 11) is -2.59. The molecule has 0 aliphatic rings. The maximum absolute atomic E-state index is 13.9. The molecule has 0 spiro atoms. The zero-order chi connectivity index (χ0) is 29.4. The average Bonchev–Trinajstić information content (AvgIpc) is 2.93. The molecule has 1 N–H and O–H groups in total. The molecule has 0 fully saturated rings. The van der Waals surface area contributed by atoms with Crippen LogP contribution in [0.5, 0.6) is 0 Å². The third-order valence-corrected chi connectivity index (χ3v) is 9.25. The Kier molecular flexibility index (Phi) is 11.2. The number of nitrogens with one attached hydrogen (secondary N) is 1. The molecule has 0 saturated heterocycles. The van der Waals surface area contributed by atoms with E-state index in [0.29, 0.717) is 22.0 Å². The Labute approximate surface area is 247 Å². The number of benzene rings is 3. The Morgan fingerprint density at radius 3 is 2.17 bits per heavy atom. The molecule has 0 bridgehead atoms. The van der Waals surface area contributed by atoms with E-state index in [-0.39, 0.29) is 29.8 Å². The van der Waals surface area contributed by atoms with Gasteiger partial charge in [-0.3, -0.25) is 9.59 Å². The first-order valence-corrected chi connectivity index (χ1v) is 15.2. The van der Waals surface area contributed by atoms with Crippen LogP contribution in [0, 0.1) is 6.92 Å². The van der Waals surface area contributed by atoms with Gasteiger partial charge in [-0.2, -0.15) is 4.31 Å². The number of rotatable bonds is 12. The lowest BCUT2D eigenvalue weighted by molar-refractivity contribution is -0.141. The zero-order valence-electron chi connectivity index (χ0n) is 23.1. The number of hydrogen-bond acceptors (Lipinski definition) is 4. The third kappa shape index (κ3) is 8.30. The van der Waals surface area contributed by atoms with Gasteiger partial charge >= 0.3 is 0 Å². The van der Waals surface area contributed by atoms with Crippen LogP contribution in [0.3, 0.4) is 0 Å². The summed E-state index contributed by atoms with van der Waals surface area (Å²) in [6, 6.07) is 19.8. The van der Waals surface area contributed by atoms with E-state index in [2.05, 4.69) is 5.32 Å². The van der Waals surface area contributed by atoms with Crippen LogP contribution in [0.2, 0.25) is 10.0 Å². The van der Waals surface area contributed by atoms with E-state index in [4.69, 9.17) is 23.2 Å². The van der Waals surface area contributed by atoms with Crippen LogP contribution >= 0.6 is 23.2 Å². The Balaban J connectivity index is 2.00. The van der Waals surface area contributed by atoms with Gasteiger partial charge in [-0.15, -0.1) is 0 Å². The van der Waals surface area contributed by atoms with Gasteiger partial charge in [0.25, 0.3) is 0 Å². The summed E-state index contributed by atoms with van der Waals surface area (Å²) in [6.45, 7) is 5.28. The van der Waals surface area contributed by atoms with Gasteiger partial charge in [0.2, 0.25) is 21.8 Å². The molecule has 0 aromatic heterocycles. The highest BCUT2D eigenvalue weighted by atomic mass is 35.5. The van der Waals surface area contributed by atoms with Crippen molar-refractivity contribution in [3.63, 3.8) is 0 Å². The highest BCUT2D eigenvalue weighted by molar-refractivity contribution is 7.89. The lowest BCUT2D eigenvalue weighted by Crippen LogP contribution is -2.54. The van der Waals surface area contributed by atoms with Crippen LogP contribution in [-0.4, -0.2) is 55.1 Å². The van der Waals surface area contributed by atoms with E-state index >= 15 is 0 Å². The van der Waals surface area contributed by atoms with Crippen molar-refractivity contribution in [2.75, 3.05) is 13.6 Å². The fraction of sp³-hybridized carbons (Fsp3) is 0.333. The third-order valence-electron chi connectivity index (χ3n) is 6.70. The van der Waals surface area contributed by atoms with Crippen molar-refractivity contribution in [3.05, 3.63) is 99.5 Å². The highest BCUT2D eigenvalue weighted by Crippen LogP contribution is 2.25. The number of likely N-dealkylation sites (N-methyl/N-ethyl adjacent to an activating group) is 1. The minimum Gasteiger partial charge on any atom is -0.352 e. The second kappa shape index (κ2) is 14.1. The first kappa shape index (κ1) is 31.6. The van der Waals surface area contributed by atoms with Crippen molar-refractivity contribution in [1.29, 1.82) is 0 Å². The van der Waals surface area contributed by atoms with Crippen molar-refractivity contribution in [1.82, 2.24) is 14.5 Å². The fourth-order valence-electron chi connectivity index (χ4n) is 4.09. The predicted octanol–water partition coefficient (Wildman–Crippen LogP) is 5.48. The van der Waals surface area contributed by atoms with Crippen molar-refractivity contribution in [2.45, 2.75) is 57.1 Å². The summed E-state index contributed by atoms with van der Waals surface area (Å²) in [5.41, 5.74) is 2.43.